The molecule has 2 aliphatic rings. The summed E-state index contributed by atoms with van der Waals surface area (Å²) in [5, 5.41) is 0. The van der Waals surface area contributed by atoms with Gasteiger partial charge in [0.2, 0.25) is 0 Å². The summed E-state index contributed by atoms with van der Waals surface area (Å²) in [7, 11) is -0.257. The number of benzene rings is 2. The first-order valence-corrected chi connectivity index (χ1v) is 14.9. The molecule has 2 saturated carbocycles. The first-order valence-electron chi connectivity index (χ1n) is 12.1. The molecule has 2 aromatic carbocycles. The van der Waals surface area contributed by atoms with Gasteiger partial charge in [-0.2, -0.15) is 23.7 Å². The Morgan fingerprint density at radius 3 is 2.14 bits per heavy atom. The molecule has 1 unspecified atom stereocenters. The van der Waals surface area contributed by atoms with E-state index in [2.05, 4.69) is 12.8 Å². The summed E-state index contributed by atoms with van der Waals surface area (Å²) in [4.78, 5) is 12.4. The molecule has 0 saturated heterocycles. The number of alkyl halides is 3. The van der Waals surface area contributed by atoms with Gasteiger partial charge in [-0.15, -0.1) is 11.8 Å². The van der Waals surface area contributed by atoms with Crippen LogP contribution in [0.3, 0.4) is 0 Å². The number of halogens is 5. The number of hydrogen-bond donors (Lipinski definition) is 0. The fourth-order valence-electron chi connectivity index (χ4n) is 3.70. The minimum atomic E-state index is -4.61. The van der Waals surface area contributed by atoms with Crippen molar-refractivity contribution < 1.29 is 26.7 Å². The van der Waals surface area contributed by atoms with E-state index in [0.717, 1.165) is 41.5 Å². The molecule has 1 atom stereocenters. The van der Waals surface area contributed by atoms with Crippen molar-refractivity contribution in [3.63, 3.8) is 0 Å². The molecule has 2 aliphatic carbocycles. The smallest absolute Gasteiger partial charge is 0.294 e. The van der Waals surface area contributed by atoms with Gasteiger partial charge >= 0.3 is 6.18 Å². The zero-order valence-corrected chi connectivity index (χ0v) is 22.7. The third-order valence-corrected chi connectivity index (χ3v) is 8.35. The van der Waals surface area contributed by atoms with Gasteiger partial charge in [-0.25, -0.2) is 8.78 Å². The minimum Gasteiger partial charge on any atom is -0.294 e. The molecule has 200 valence electrons. The Bertz CT molecular complexity index is 1030. The Hall–Kier alpha value is -1.67. The van der Waals surface area contributed by atoms with Gasteiger partial charge in [0.05, 0.1) is 5.56 Å². The lowest BCUT2D eigenvalue weighted by atomic mass is 9.91. The van der Waals surface area contributed by atoms with Gasteiger partial charge in [0.25, 0.3) is 0 Å². The van der Waals surface area contributed by atoms with Crippen LogP contribution < -0.4 is 0 Å². The van der Waals surface area contributed by atoms with Crippen LogP contribution in [0.25, 0.3) is 0 Å². The third-order valence-electron chi connectivity index (χ3n) is 6.02. The average molecular weight is 547 g/mol. The second-order valence-electron chi connectivity index (χ2n) is 9.47. The second kappa shape index (κ2) is 14.3. The highest BCUT2D eigenvalue weighted by Gasteiger charge is 2.34. The van der Waals surface area contributed by atoms with E-state index in [1.165, 1.54) is 69.0 Å². The van der Waals surface area contributed by atoms with Crippen LogP contribution in [0.15, 0.2) is 46.2 Å². The minimum absolute atomic E-state index is 0.113. The molecule has 0 aliphatic heterocycles. The average Bonchev–Trinajstić information content (AvgIpc) is 3.63. The van der Waals surface area contributed by atoms with Crippen molar-refractivity contribution in [2.24, 2.45) is 11.8 Å². The van der Waals surface area contributed by atoms with Crippen molar-refractivity contribution in [1.82, 2.24) is 0 Å². The molecule has 1 nitrogen and oxygen atoms in total. The SMILES string of the molecule is C=S(C)c1ccc(F)cc1C(C)=O.CC1CCCCC1.Fc1ccc(SCC2CC2)cc1C(F)(F)F. The molecule has 2 aromatic rings. The summed E-state index contributed by atoms with van der Waals surface area (Å²) in [5.74, 6) is 4.63. The second-order valence-corrected chi connectivity index (χ2v) is 12.3. The summed E-state index contributed by atoms with van der Waals surface area (Å²) < 4.78 is 62.9. The largest absolute Gasteiger partial charge is 0.419 e. The number of carbonyl (C=O) groups excluding carboxylic acids is 1. The number of thioether (sulfide) groups is 1. The third kappa shape index (κ3) is 10.8. The Labute approximate surface area is 218 Å². The summed E-state index contributed by atoms with van der Waals surface area (Å²) in [6.07, 6.45) is 7.03. The van der Waals surface area contributed by atoms with E-state index < -0.39 is 17.6 Å². The maximum atomic E-state index is 12.9. The lowest BCUT2D eigenvalue weighted by Crippen LogP contribution is -2.08. The van der Waals surface area contributed by atoms with Crippen LogP contribution >= 0.6 is 22.2 Å². The van der Waals surface area contributed by atoms with Crippen LogP contribution in [0.2, 0.25) is 0 Å². The number of ketones is 1. The van der Waals surface area contributed by atoms with E-state index >= 15 is 0 Å². The molecule has 0 bridgehead atoms. The lowest BCUT2D eigenvalue weighted by Gasteiger charge is -2.15. The summed E-state index contributed by atoms with van der Waals surface area (Å²) in [6.45, 7) is 3.80. The highest BCUT2D eigenvalue weighted by Crippen LogP contribution is 2.38. The molecule has 0 N–H and O–H groups in total. The predicted octanol–water partition coefficient (Wildman–Crippen LogP) is 9.65. The Morgan fingerprint density at radius 1 is 1.03 bits per heavy atom. The molecule has 0 amide bonds. The topological polar surface area (TPSA) is 17.1 Å². The number of Topliss-reactive ketones (excluding diaryl/α,β-unsaturated/α-hetero) is 1. The molecular formula is C28H35F5OS2. The van der Waals surface area contributed by atoms with Crippen LogP contribution in [-0.2, 0) is 6.18 Å². The van der Waals surface area contributed by atoms with Crippen LogP contribution in [0.4, 0.5) is 22.0 Å². The quantitative estimate of drug-likeness (QED) is 0.161. The van der Waals surface area contributed by atoms with Gasteiger partial charge < -0.3 is 0 Å². The fraction of sp³-hybridized carbons (Fsp3) is 0.500. The van der Waals surface area contributed by atoms with Gasteiger partial charge in [-0.3, -0.25) is 4.79 Å². The van der Waals surface area contributed by atoms with Gasteiger partial charge in [0.1, 0.15) is 11.6 Å². The van der Waals surface area contributed by atoms with Crippen molar-refractivity contribution in [3.05, 3.63) is 59.2 Å². The normalized spacial score (nSPS) is 16.8. The van der Waals surface area contributed by atoms with E-state index in [1.54, 1.807) is 6.07 Å². The standard InChI is InChI=1S/C11H10F4S.C10H11FOS.C7H14/c12-10-4-3-8(16-6-7-1-2-7)5-9(10)11(13,14)15;1-7(12)9-6-8(11)4-5-10(9)13(2)3;1-7-5-3-2-4-6-7/h3-5,7H,1-2,6H2;4-6H,2H2,1,3H3;7H,2-6H2,1H3. The van der Waals surface area contributed by atoms with Crippen molar-refractivity contribution >= 4 is 33.9 Å². The number of hydrogen-bond acceptors (Lipinski definition) is 2. The fourth-order valence-corrected chi connectivity index (χ4v) is 5.70. The monoisotopic (exact) mass is 546 g/mol. The zero-order valence-electron chi connectivity index (χ0n) is 21.1. The predicted molar refractivity (Wildman–Crippen MR) is 142 cm³/mol. The van der Waals surface area contributed by atoms with E-state index in [1.807, 2.05) is 6.26 Å². The molecular weight excluding hydrogens is 511 g/mol. The molecule has 0 spiro atoms. The van der Waals surface area contributed by atoms with Crippen molar-refractivity contribution in [2.75, 3.05) is 12.0 Å². The Balaban J connectivity index is 0.000000204. The zero-order chi connectivity index (χ0) is 26.9. The van der Waals surface area contributed by atoms with E-state index in [-0.39, 0.29) is 22.1 Å². The number of carbonyl (C=O) groups is 1. The molecule has 36 heavy (non-hydrogen) atoms. The van der Waals surface area contributed by atoms with Gasteiger partial charge in [-0.05, 0) is 74.3 Å². The van der Waals surface area contributed by atoms with Gasteiger partial charge in [0, 0.05) is 21.1 Å². The van der Waals surface area contributed by atoms with Crippen molar-refractivity contribution in [3.8, 4) is 0 Å². The first kappa shape index (κ1) is 30.6. The Morgan fingerprint density at radius 2 is 1.67 bits per heavy atom. The molecule has 0 aromatic heterocycles. The van der Waals surface area contributed by atoms with E-state index in [0.29, 0.717) is 16.4 Å². The summed E-state index contributed by atoms with van der Waals surface area (Å²) in [5.41, 5.74) is -0.728. The molecule has 0 radical (unpaired) electrons. The molecule has 2 fully saturated rings. The van der Waals surface area contributed by atoms with Gasteiger partial charge in [-0.1, -0.05) is 44.9 Å². The molecule has 0 heterocycles. The van der Waals surface area contributed by atoms with Crippen LogP contribution in [0.5, 0.6) is 0 Å². The highest BCUT2D eigenvalue weighted by molar-refractivity contribution is 8.13. The van der Waals surface area contributed by atoms with E-state index in [9.17, 15) is 26.7 Å². The van der Waals surface area contributed by atoms with Crippen LogP contribution in [0, 0.1) is 23.5 Å². The van der Waals surface area contributed by atoms with E-state index in [4.69, 9.17) is 0 Å². The molecule has 8 heteroatoms. The lowest BCUT2D eigenvalue weighted by molar-refractivity contribution is -0.140. The maximum absolute atomic E-state index is 12.9. The van der Waals surface area contributed by atoms with Gasteiger partial charge in [0.15, 0.2) is 5.78 Å². The van der Waals surface area contributed by atoms with Crippen molar-refractivity contribution in [1.29, 1.82) is 0 Å². The van der Waals surface area contributed by atoms with Crippen LogP contribution in [0.1, 0.15) is 74.7 Å². The summed E-state index contributed by atoms with van der Waals surface area (Å²) >= 11 is 1.36. The number of rotatable bonds is 5. The van der Waals surface area contributed by atoms with Crippen LogP contribution in [-0.4, -0.2) is 23.7 Å². The first-order chi connectivity index (χ1) is 16.9. The maximum Gasteiger partial charge on any atom is 0.419 e. The van der Waals surface area contributed by atoms with Crippen molar-refractivity contribution in [2.45, 2.75) is 74.8 Å². The highest BCUT2D eigenvalue weighted by atomic mass is 32.2. The Kier molecular flexibility index (Phi) is 12.2. The molecule has 4 rings (SSSR count). The summed E-state index contributed by atoms with van der Waals surface area (Å²) in [6, 6.07) is 7.43.